The van der Waals surface area contributed by atoms with Crippen LogP contribution in [0.4, 0.5) is 31.5 Å². The number of piperazine rings is 1. The highest BCUT2D eigenvalue weighted by Crippen LogP contribution is 2.31. The average molecular weight is 679 g/mol. The molecule has 1 saturated heterocycles. The van der Waals surface area contributed by atoms with Gasteiger partial charge >= 0.3 is 12.7 Å². The number of H-pyrrole nitrogens is 1. The number of aromatic amines is 1. The Labute approximate surface area is 253 Å². The van der Waals surface area contributed by atoms with E-state index in [1.165, 1.54) is 18.3 Å². The van der Waals surface area contributed by atoms with Crippen molar-refractivity contribution in [1.82, 2.24) is 24.8 Å². The Balaban J connectivity index is 1.39. The lowest BCUT2D eigenvalue weighted by Crippen LogP contribution is -2.60. The standard InChI is InChI=1S/C25H20F6N6O6S2/c26-24(27,28)42-15-3-1-14(2-4-15)11-32-21(38)19-13-36(23-34-18-12-33-35-22(39)20(18)44-23)9-10-37(19)45(40,41)17-7-5-16(6-8-17)43-25(29,30)31/h1-8,12,19H,9-11,13H2,(H,32,38)(H,35,39)/t19-/m1/s1. The summed E-state index contributed by atoms with van der Waals surface area (Å²) in [6.07, 6.45) is -8.55. The average Bonchev–Trinajstić information content (AvgIpc) is 3.41. The lowest BCUT2D eigenvalue weighted by molar-refractivity contribution is -0.275. The summed E-state index contributed by atoms with van der Waals surface area (Å²) in [5.41, 5.74) is 0.170. The maximum Gasteiger partial charge on any atom is 0.573 e. The van der Waals surface area contributed by atoms with Gasteiger partial charge in [0.1, 0.15) is 27.8 Å². The van der Waals surface area contributed by atoms with E-state index in [0.29, 0.717) is 10.7 Å². The van der Waals surface area contributed by atoms with E-state index < -0.39 is 56.7 Å². The Morgan fingerprint density at radius 1 is 0.978 bits per heavy atom. The van der Waals surface area contributed by atoms with E-state index >= 15 is 0 Å². The molecule has 1 aliphatic rings. The molecule has 0 unspecified atom stereocenters. The van der Waals surface area contributed by atoms with Crippen molar-refractivity contribution < 1.29 is 49.0 Å². The van der Waals surface area contributed by atoms with E-state index in [4.69, 9.17) is 0 Å². The number of aromatic nitrogens is 3. The van der Waals surface area contributed by atoms with Gasteiger partial charge in [-0.3, -0.25) is 9.59 Å². The molecule has 12 nitrogen and oxygen atoms in total. The van der Waals surface area contributed by atoms with Crippen LogP contribution in [0.25, 0.3) is 10.2 Å². The molecule has 0 radical (unpaired) electrons. The Morgan fingerprint density at radius 3 is 2.16 bits per heavy atom. The zero-order chi connectivity index (χ0) is 32.6. The number of rotatable bonds is 8. The van der Waals surface area contributed by atoms with Gasteiger partial charge in [-0.2, -0.15) is 9.40 Å². The Hall–Kier alpha value is -4.43. The van der Waals surface area contributed by atoms with Gasteiger partial charge in [-0.1, -0.05) is 23.5 Å². The first-order chi connectivity index (χ1) is 21.1. The van der Waals surface area contributed by atoms with Crippen molar-refractivity contribution in [3.63, 3.8) is 0 Å². The third kappa shape index (κ3) is 7.63. The first kappa shape index (κ1) is 32.0. The van der Waals surface area contributed by atoms with Gasteiger partial charge in [0, 0.05) is 26.2 Å². The predicted molar refractivity (Wildman–Crippen MR) is 146 cm³/mol. The maximum absolute atomic E-state index is 13.6. The molecule has 0 saturated carbocycles. The highest BCUT2D eigenvalue weighted by atomic mass is 32.2. The van der Waals surface area contributed by atoms with E-state index in [0.717, 1.165) is 52.0 Å². The number of alkyl halides is 6. The van der Waals surface area contributed by atoms with Crippen molar-refractivity contribution in [3.8, 4) is 11.5 Å². The number of halogens is 6. The highest BCUT2D eigenvalue weighted by Gasteiger charge is 2.41. The summed E-state index contributed by atoms with van der Waals surface area (Å²) in [5, 5.41) is 8.86. The summed E-state index contributed by atoms with van der Waals surface area (Å²) in [4.78, 5) is 31.2. The third-order valence-corrected chi connectivity index (χ3v) is 9.45. The lowest BCUT2D eigenvalue weighted by Gasteiger charge is -2.39. The van der Waals surface area contributed by atoms with Crippen LogP contribution in [0.2, 0.25) is 0 Å². The minimum Gasteiger partial charge on any atom is -0.406 e. The number of ether oxygens (including phenoxy) is 2. The van der Waals surface area contributed by atoms with Crippen LogP contribution in [0, 0.1) is 0 Å². The van der Waals surface area contributed by atoms with Crippen LogP contribution in [-0.4, -0.2) is 72.2 Å². The smallest absolute Gasteiger partial charge is 0.406 e. The fourth-order valence-corrected chi connectivity index (χ4v) is 6.95. The molecule has 0 bridgehead atoms. The quantitative estimate of drug-likeness (QED) is 0.268. The molecular formula is C25H20F6N6O6S2. The SMILES string of the molecule is O=C(NCc1ccc(OC(F)(F)F)cc1)[C@H]1CN(c2nc3cn[nH]c(=O)c3s2)CCN1S(=O)(=O)c1ccc(OC(F)(F)F)cc1. The number of thiazole rings is 1. The summed E-state index contributed by atoms with van der Waals surface area (Å²) in [5.74, 6) is -1.90. The van der Waals surface area contributed by atoms with Crippen LogP contribution in [0.3, 0.4) is 0 Å². The van der Waals surface area contributed by atoms with Crippen molar-refractivity contribution in [2.24, 2.45) is 0 Å². The van der Waals surface area contributed by atoms with E-state index in [9.17, 15) is 44.3 Å². The van der Waals surface area contributed by atoms with Gasteiger partial charge in [-0.05, 0) is 42.0 Å². The van der Waals surface area contributed by atoms with Crippen LogP contribution in [0.5, 0.6) is 11.5 Å². The fraction of sp³-hybridized carbons (Fsp3) is 0.280. The van der Waals surface area contributed by atoms with Crippen molar-refractivity contribution in [2.45, 2.75) is 30.2 Å². The molecule has 3 heterocycles. The van der Waals surface area contributed by atoms with E-state index in [1.54, 1.807) is 4.90 Å². The van der Waals surface area contributed by atoms with Gasteiger partial charge in [0.2, 0.25) is 15.9 Å². The molecule has 0 aliphatic carbocycles. The van der Waals surface area contributed by atoms with E-state index in [-0.39, 0.29) is 36.4 Å². The van der Waals surface area contributed by atoms with Crippen LogP contribution < -0.4 is 25.2 Å². The lowest BCUT2D eigenvalue weighted by atomic mass is 10.1. The van der Waals surface area contributed by atoms with Crippen molar-refractivity contribution >= 4 is 42.6 Å². The van der Waals surface area contributed by atoms with Crippen LogP contribution in [-0.2, 0) is 21.4 Å². The second-order valence-electron chi connectivity index (χ2n) is 9.42. The van der Waals surface area contributed by atoms with E-state index in [2.05, 4.69) is 30.0 Å². The Bertz CT molecular complexity index is 1850. The number of fused-ring (bicyclic) bond motifs is 1. The molecule has 20 heteroatoms. The van der Waals surface area contributed by atoms with Gasteiger partial charge in [0.05, 0.1) is 11.1 Å². The topological polar surface area (TPSA) is 147 Å². The van der Waals surface area contributed by atoms with Gasteiger partial charge < -0.3 is 19.7 Å². The molecule has 1 atom stereocenters. The second kappa shape index (κ2) is 12.2. The monoisotopic (exact) mass is 678 g/mol. The Kier molecular flexibility index (Phi) is 8.64. The predicted octanol–water partition coefficient (Wildman–Crippen LogP) is 3.37. The van der Waals surface area contributed by atoms with Gasteiger partial charge in [-0.15, -0.1) is 26.3 Å². The fourth-order valence-electron chi connectivity index (χ4n) is 4.41. The number of hydrogen-bond donors (Lipinski definition) is 2. The van der Waals surface area contributed by atoms with Crippen molar-refractivity contribution in [2.75, 3.05) is 24.5 Å². The molecule has 1 fully saturated rings. The molecule has 0 spiro atoms. The highest BCUT2D eigenvalue weighted by molar-refractivity contribution is 7.89. The maximum atomic E-state index is 13.6. The number of benzene rings is 2. The number of carbonyl (C=O) groups excluding carboxylic acids is 1. The first-order valence-electron chi connectivity index (χ1n) is 12.7. The molecule has 2 N–H and O–H groups in total. The number of sulfonamides is 1. The number of carbonyl (C=O) groups is 1. The van der Waals surface area contributed by atoms with Crippen LogP contribution in [0.15, 0.2) is 64.4 Å². The number of anilines is 1. The number of nitrogens with zero attached hydrogens (tertiary/aromatic N) is 4. The third-order valence-electron chi connectivity index (χ3n) is 6.39. The number of hydrogen-bond acceptors (Lipinski definition) is 10. The molecule has 45 heavy (non-hydrogen) atoms. The zero-order valence-corrected chi connectivity index (χ0v) is 24.1. The number of nitrogens with one attached hydrogen (secondary N) is 2. The normalized spacial score (nSPS) is 16.5. The molecule has 2 aromatic heterocycles. The largest absolute Gasteiger partial charge is 0.573 e. The van der Waals surface area contributed by atoms with Gasteiger partial charge in [0.15, 0.2) is 5.13 Å². The summed E-state index contributed by atoms with van der Waals surface area (Å²) >= 11 is 1.00. The summed E-state index contributed by atoms with van der Waals surface area (Å²) in [7, 11) is -4.46. The minimum absolute atomic E-state index is 0.0318. The van der Waals surface area contributed by atoms with Crippen molar-refractivity contribution in [3.05, 3.63) is 70.6 Å². The molecule has 1 amide bonds. The molecule has 1 aliphatic heterocycles. The van der Waals surface area contributed by atoms with Gasteiger partial charge in [0.25, 0.3) is 5.56 Å². The molecular weight excluding hydrogens is 658 g/mol. The summed E-state index contributed by atoms with van der Waals surface area (Å²) in [6.45, 7) is -0.648. The molecule has 5 rings (SSSR count). The van der Waals surface area contributed by atoms with Gasteiger partial charge in [-0.25, -0.2) is 18.5 Å². The van der Waals surface area contributed by atoms with Crippen LogP contribution >= 0.6 is 11.3 Å². The molecule has 4 aromatic rings. The zero-order valence-electron chi connectivity index (χ0n) is 22.4. The minimum atomic E-state index is -4.99. The number of amides is 1. The molecule has 2 aromatic carbocycles. The van der Waals surface area contributed by atoms with Crippen molar-refractivity contribution in [1.29, 1.82) is 0 Å². The van der Waals surface area contributed by atoms with Crippen LogP contribution in [0.1, 0.15) is 5.56 Å². The Morgan fingerprint density at radius 2 is 1.58 bits per heavy atom. The van der Waals surface area contributed by atoms with E-state index in [1.807, 2.05) is 0 Å². The first-order valence-corrected chi connectivity index (χ1v) is 14.9. The molecule has 240 valence electrons. The summed E-state index contributed by atoms with van der Waals surface area (Å²) in [6, 6.07) is 6.72. The second-order valence-corrected chi connectivity index (χ2v) is 12.3. The summed E-state index contributed by atoms with van der Waals surface area (Å²) < 4.78 is 111.